The Morgan fingerprint density at radius 2 is 1.79 bits per heavy atom. The molecule has 1 aliphatic rings. The number of nitrogens with one attached hydrogen (secondary N) is 1. The smallest absolute Gasteiger partial charge is 0.289 e. The molecule has 1 saturated heterocycles. The third-order valence-corrected chi connectivity index (χ3v) is 7.13. The molecule has 2 aromatic rings. The Balaban J connectivity index is 1.74. The van der Waals surface area contributed by atoms with Crippen molar-refractivity contribution < 1.29 is 18.1 Å². The number of carbonyl (C=O) groups is 1. The summed E-state index contributed by atoms with van der Waals surface area (Å²) in [6, 6.07) is 9.56. The van der Waals surface area contributed by atoms with Gasteiger partial charge in [-0.3, -0.25) is 14.9 Å². The highest BCUT2D eigenvalue weighted by Gasteiger charge is 2.28. The van der Waals surface area contributed by atoms with Crippen molar-refractivity contribution in [1.29, 1.82) is 0 Å². The van der Waals surface area contributed by atoms with E-state index < -0.39 is 20.9 Å². The molecule has 0 spiro atoms. The molecule has 1 aliphatic heterocycles. The van der Waals surface area contributed by atoms with E-state index in [0.717, 1.165) is 18.9 Å². The van der Waals surface area contributed by atoms with E-state index in [9.17, 15) is 23.3 Å². The summed E-state index contributed by atoms with van der Waals surface area (Å²) in [5.74, 6) is -0.00594. The second-order valence-electron chi connectivity index (χ2n) is 6.99. The quantitative estimate of drug-likeness (QED) is 0.563. The molecule has 3 rings (SSSR count). The van der Waals surface area contributed by atoms with Crippen molar-refractivity contribution in [3.8, 4) is 0 Å². The summed E-state index contributed by atoms with van der Waals surface area (Å²) in [5, 5.41) is 13.5. The van der Waals surface area contributed by atoms with Crippen LogP contribution < -0.4 is 5.32 Å². The van der Waals surface area contributed by atoms with Crippen LogP contribution in [0.1, 0.15) is 30.1 Å². The zero-order chi connectivity index (χ0) is 21.2. The monoisotopic (exact) mass is 437 g/mol. The van der Waals surface area contributed by atoms with Crippen molar-refractivity contribution in [1.82, 2.24) is 4.31 Å². The number of sulfonamides is 1. The minimum Gasteiger partial charge on any atom is -0.322 e. The van der Waals surface area contributed by atoms with E-state index >= 15 is 0 Å². The molecule has 0 radical (unpaired) electrons. The Kier molecular flexibility index (Phi) is 6.21. The van der Waals surface area contributed by atoms with Gasteiger partial charge in [0, 0.05) is 30.4 Å². The molecule has 2 aromatic carbocycles. The molecule has 1 heterocycles. The van der Waals surface area contributed by atoms with Gasteiger partial charge in [0.2, 0.25) is 10.0 Å². The summed E-state index contributed by atoms with van der Waals surface area (Å²) in [5.41, 5.74) is 0.126. The highest BCUT2D eigenvalue weighted by atomic mass is 35.5. The predicted octanol–water partition coefficient (Wildman–Crippen LogP) is 3.92. The molecule has 0 bridgehead atoms. The SMILES string of the molecule is CC1CCN(S(=O)(=O)c2ccc(C(=O)Nc3ccc(Cl)c([N+](=O)[O-])c3)cc2)CC1. The first kappa shape index (κ1) is 21.2. The third-order valence-electron chi connectivity index (χ3n) is 4.90. The van der Waals surface area contributed by atoms with Crippen LogP contribution in [0.4, 0.5) is 11.4 Å². The number of hydrogen-bond donors (Lipinski definition) is 1. The van der Waals surface area contributed by atoms with Gasteiger partial charge < -0.3 is 5.32 Å². The number of nitro benzene ring substituents is 1. The van der Waals surface area contributed by atoms with Crippen molar-refractivity contribution in [2.24, 2.45) is 5.92 Å². The van der Waals surface area contributed by atoms with Crippen molar-refractivity contribution in [2.75, 3.05) is 18.4 Å². The fourth-order valence-electron chi connectivity index (χ4n) is 3.09. The topological polar surface area (TPSA) is 110 Å². The molecule has 1 amide bonds. The van der Waals surface area contributed by atoms with Crippen LogP contribution in [0.3, 0.4) is 0 Å². The molecule has 10 heteroatoms. The van der Waals surface area contributed by atoms with Crippen molar-refractivity contribution >= 4 is 38.9 Å². The maximum Gasteiger partial charge on any atom is 0.289 e. The second-order valence-corrected chi connectivity index (χ2v) is 9.33. The Labute approximate surface area is 173 Å². The van der Waals surface area contributed by atoms with Crippen molar-refractivity contribution in [2.45, 2.75) is 24.7 Å². The number of carbonyl (C=O) groups excluding carboxylic acids is 1. The van der Waals surface area contributed by atoms with Gasteiger partial charge in [0.25, 0.3) is 11.6 Å². The fraction of sp³-hybridized carbons (Fsp3) is 0.316. The largest absolute Gasteiger partial charge is 0.322 e. The van der Waals surface area contributed by atoms with E-state index in [2.05, 4.69) is 12.2 Å². The van der Waals surface area contributed by atoms with Crippen LogP contribution >= 0.6 is 11.6 Å². The highest BCUT2D eigenvalue weighted by Crippen LogP contribution is 2.28. The molecule has 0 unspecified atom stereocenters. The third kappa shape index (κ3) is 4.75. The number of anilines is 1. The summed E-state index contributed by atoms with van der Waals surface area (Å²) in [7, 11) is -3.59. The lowest BCUT2D eigenvalue weighted by Gasteiger charge is -2.29. The maximum atomic E-state index is 12.7. The van der Waals surface area contributed by atoms with Crippen molar-refractivity contribution in [3.05, 3.63) is 63.2 Å². The van der Waals surface area contributed by atoms with E-state index in [-0.39, 0.29) is 26.9 Å². The summed E-state index contributed by atoms with van der Waals surface area (Å²) in [4.78, 5) is 22.9. The molecule has 0 aliphatic carbocycles. The Morgan fingerprint density at radius 3 is 2.38 bits per heavy atom. The number of nitro groups is 1. The molecular weight excluding hydrogens is 418 g/mol. The second kappa shape index (κ2) is 8.48. The van der Waals surface area contributed by atoms with E-state index in [1.807, 2.05) is 0 Å². The number of rotatable bonds is 5. The molecule has 154 valence electrons. The van der Waals surface area contributed by atoms with Crippen LogP contribution in [0.5, 0.6) is 0 Å². The normalized spacial score (nSPS) is 15.8. The minimum atomic E-state index is -3.59. The zero-order valence-corrected chi connectivity index (χ0v) is 17.2. The van der Waals surface area contributed by atoms with Gasteiger partial charge in [-0.05, 0) is 55.2 Å². The molecule has 1 N–H and O–H groups in total. The number of hydrogen-bond acceptors (Lipinski definition) is 5. The Hall–Kier alpha value is -2.49. The minimum absolute atomic E-state index is 0.0327. The van der Waals surface area contributed by atoms with Crippen LogP contribution in [0.15, 0.2) is 47.4 Å². The molecule has 29 heavy (non-hydrogen) atoms. The predicted molar refractivity (Wildman–Crippen MR) is 110 cm³/mol. The van der Waals surface area contributed by atoms with E-state index in [4.69, 9.17) is 11.6 Å². The molecular formula is C19H20ClN3O5S. The summed E-state index contributed by atoms with van der Waals surface area (Å²) < 4.78 is 27.0. The number of piperidine rings is 1. The van der Waals surface area contributed by atoms with E-state index in [0.29, 0.717) is 19.0 Å². The number of benzene rings is 2. The molecule has 1 fully saturated rings. The summed E-state index contributed by atoms with van der Waals surface area (Å²) in [6.45, 7) is 3.08. The molecule has 8 nitrogen and oxygen atoms in total. The van der Waals surface area contributed by atoms with Gasteiger partial charge in [-0.25, -0.2) is 8.42 Å². The van der Waals surface area contributed by atoms with E-state index in [1.54, 1.807) is 0 Å². The Morgan fingerprint density at radius 1 is 1.17 bits per heavy atom. The van der Waals surface area contributed by atoms with E-state index in [1.165, 1.54) is 40.7 Å². The van der Waals surface area contributed by atoms with Gasteiger partial charge in [-0.1, -0.05) is 18.5 Å². The van der Waals surface area contributed by atoms with Gasteiger partial charge in [0.15, 0.2) is 0 Å². The number of halogens is 1. The van der Waals surface area contributed by atoms with Gasteiger partial charge in [0.1, 0.15) is 5.02 Å². The van der Waals surface area contributed by atoms with Gasteiger partial charge in [0.05, 0.1) is 9.82 Å². The van der Waals surface area contributed by atoms with Crippen LogP contribution in [-0.2, 0) is 10.0 Å². The van der Waals surface area contributed by atoms with Crippen molar-refractivity contribution in [3.63, 3.8) is 0 Å². The van der Waals surface area contributed by atoms with Gasteiger partial charge >= 0.3 is 0 Å². The molecule has 0 saturated carbocycles. The van der Waals surface area contributed by atoms with Gasteiger partial charge in [-0.15, -0.1) is 0 Å². The first-order chi connectivity index (χ1) is 13.7. The van der Waals surface area contributed by atoms with Crippen LogP contribution in [0.2, 0.25) is 5.02 Å². The standard InChI is InChI=1S/C19H20ClN3O5S/c1-13-8-10-22(11-9-13)29(27,28)16-5-2-14(3-6-16)19(24)21-15-4-7-17(20)18(12-15)23(25)26/h2-7,12-13H,8-11H2,1H3,(H,21,24). The number of nitrogens with zero attached hydrogens (tertiary/aromatic N) is 2. The van der Waals surface area contributed by atoms with Crippen LogP contribution in [0, 0.1) is 16.0 Å². The lowest BCUT2D eigenvalue weighted by molar-refractivity contribution is -0.384. The van der Waals surface area contributed by atoms with Gasteiger partial charge in [-0.2, -0.15) is 4.31 Å². The van der Waals surface area contributed by atoms with Crippen LogP contribution in [0.25, 0.3) is 0 Å². The zero-order valence-electron chi connectivity index (χ0n) is 15.7. The lowest BCUT2D eigenvalue weighted by Crippen LogP contribution is -2.37. The molecule has 0 atom stereocenters. The fourth-order valence-corrected chi connectivity index (χ4v) is 4.74. The summed E-state index contributed by atoms with van der Waals surface area (Å²) in [6.07, 6.45) is 1.65. The summed E-state index contributed by atoms with van der Waals surface area (Å²) >= 11 is 5.76. The Bertz CT molecular complexity index is 1030. The first-order valence-electron chi connectivity index (χ1n) is 9.04. The highest BCUT2D eigenvalue weighted by molar-refractivity contribution is 7.89. The lowest BCUT2D eigenvalue weighted by atomic mass is 10.0. The first-order valence-corrected chi connectivity index (χ1v) is 10.9. The molecule has 0 aromatic heterocycles. The number of amides is 1. The average molecular weight is 438 g/mol. The maximum absolute atomic E-state index is 12.7. The van der Waals surface area contributed by atoms with Crippen LogP contribution in [-0.4, -0.2) is 36.6 Å². The average Bonchev–Trinajstić information content (AvgIpc) is 2.69.